The van der Waals surface area contributed by atoms with Gasteiger partial charge in [0.05, 0.1) is 6.54 Å². The minimum atomic E-state index is -2.60. The molecule has 1 amide bonds. The fourth-order valence-corrected chi connectivity index (χ4v) is 2.76. The summed E-state index contributed by atoms with van der Waals surface area (Å²) in [5, 5.41) is 2.73. The number of carbonyl (C=O) groups excluding carboxylic acids is 1. The number of nitrogens with zero attached hydrogens (tertiary/aromatic N) is 2. The molecule has 1 aliphatic heterocycles. The Morgan fingerprint density at radius 3 is 2.28 bits per heavy atom. The molecule has 0 spiro atoms. The smallest absolute Gasteiger partial charge is 0.252 e. The molecule has 0 bridgehead atoms. The Morgan fingerprint density at radius 2 is 1.78 bits per heavy atom. The van der Waals surface area contributed by atoms with Gasteiger partial charge in [-0.25, -0.2) is 8.78 Å². The molecular formula is C12H21F2N3O. The maximum Gasteiger partial charge on any atom is 0.252 e. The Morgan fingerprint density at radius 1 is 1.22 bits per heavy atom. The van der Waals surface area contributed by atoms with Gasteiger partial charge in [-0.15, -0.1) is 0 Å². The van der Waals surface area contributed by atoms with E-state index in [1.165, 1.54) is 0 Å². The van der Waals surface area contributed by atoms with Gasteiger partial charge >= 0.3 is 0 Å². The Balaban J connectivity index is 1.73. The number of piperazine rings is 1. The molecule has 2 fully saturated rings. The van der Waals surface area contributed by atoms with E-state index in [0.29, 0.717) is 6.54 Å². The van der Waals surface area contributed by atoms with Gasteiger partial charge in [0.25, 0.3) is 5.92 Å². The van der Waals surface area contributed by atoms with Crippen LogP contribution in [0.15, 0.2) is 0 Å². The van der Waals surface area contributed by atoms with Gasteiger partial charge in [-0.05, 0) is 14.0 Å². The van der Waals surface area contributed by atoms with Crippen LogP contribution in [0.5, 0.6) is 0 Å². The summed E-state index contributed by atoms with van der Waals surface area (Å²) in [6, 6.07) is 0. The average Bonchev–Trinajstić information content (AvgIpc) is 2.17. The molecule has 0 aromatic carbocycles. The fraction of sp³-hybridized carbons (Fsp3) is 0.917. The summed E-state index contributed by atoms with van der Waals surface area (Å²) < 4.78 is 25.6. The van der Waals surface area contributed by atoms with Crippen molar-refractivity contribution in [2.75, 3.05) is 39.8 Å². The highest BCUT2D eigenvalue weighted by Crippen LogP contribution is 2.45. The van der Waals surface area contributed by atoms with Crippen LogP contribution in [0.1, 0.15) is 19.8 Å². The van der Waals surface area contributed by atoms with Crippen LogP contribution in [-0.4, -0.2) is 66.9 Å². The van der Waals surface area contributed by atoms with E-state index >= 15 is 0 Å². The summed E-state index contributed by atoms with van der Waals surface area (Å²) in [6.07, 6.45) is -0.483. The number of nitrogens with one attached hydrogen (secondary N) is 1. The average molecular weight is 261 g/mol. The number of alkyl halides is 2. The van der Waals surface area contributed by atoms with Gasteiger partial charge < -0.3 is 10.2 Å². The summed E-state index contributed by atoms with van der Waals surface area (Å²) in [6.45, 7) is 5.61. The van der Waals surface area contributed by atoms with Crippen LogP contribution in [0.4, 0.5) is 8.78 Å². The standard InChI is InChI=1S/C12H21F2N3O/c1-11(8-12(13,14)9-11)15-10(18)7-17-5-3-16(2)4-6-17/h3-9H2,1-2H3,(H,15,18). The van der Waals surface area contributed by atoms with Gasteiger partial charge in [-0.3, -0.25) is 9.69 Å². The first-order chi connectivity index (χ1) is 8.28. The zero-order valence-electron chi connectivity index (χ0n) is 11.0. The largest absolute Gasteiger partial charge is 0.349 e. The number of rotatable bonds is 3. The highest BCUT2D eigenvalue weighted by atomic mass is 19.3. The lowest BCUT2D eigenvalue weighted by Crippen LogP contribution is -2.61. The van der Waals surface area contributed by atoms with Crippen LogP contribution < -0.4 is 5.32 Å². The Hall–Kier alpha value is -0.750. The Bertz CT molecular complexity index is 319. The highest BCUT2D eigenvalue weighted by Gasteiger charge is 2.54. The molecule has 1 heterocycles. The molecule has 1 aliphatic carbocycles. The van der Waals surface area contributed by atoms with Crippen LogP contribution in [0.2, 0.25) is 0 Å². The molecule has 2 aliphatic rings. The summed E-state index contributed by atoms with van der Waals surface area (Å²) in [7, 11) is 2.05. The van der Waals surface area contributed by atoms with E-state index in [-0.39, 0.29) is 18.7 Å². The van der Waals surface area contributed by atoms with Crippen molar-refractivity contribution < 1.29 is 13.6 Å². The number of amides is 1. The van der Waals surface area contributed by atoms with Crippen molar-refractivity contribution in [3.8, 4) is 0 Å². The van der Waals surface area contributed by atoms with Crippen molar-refractivity contribution in [3.05, 3.63) is 0 Å². The van der Waals surface area contributed by atoms with Crippen LogP contribution >= 0.6 is 0 Å². The molecule has 1 N–H and O–H groups in total. The monoisotopic (exact) mass is 261 g/mol. The Labute approximate surface area is 106 Å². The van der Waals surface area contributed by atoms with Crippen LogP contribution in [0.3, 0.4) is 0 Å². The number of halogens is 2. The lowest BCUT2D eigenvalue weighted by atomic mass is 9.75. The quantitative estimate of drug-likeness (QED) is 0.805. The lowest BCUT2D eigenvalue weighted by Gasteiger charge is -2.45. The number of likely N-dealkylation sites (N-methyl/N-ethyl adjacent to an activating group) is 1. The van der Waals surface area contributed by atoms with Crippen LogP contribution in [-0.2, 0) is 4.79 Å². The first kappa shape index (κ1) is 13.7. The van der Waals surface area contributed by atoms with Crippen molar-refractivity contribution in [1.29, 1.82) is 0 Å². The first-order valence-corrected chi connectivity index (χ1v) is 6.38. The second-order valence-corrected chi connectivity index (χ2v) is 5.90. The molecule has 0 aromatic rings. The number of carbonyl (C=O) groups is 1. The summed E-state index contributed by atoms with van der Waals surface area (Å²) >= 11 is 0. The fourth-order valence-electron chi connectivity index (χ4n) is 2.76. The van der Waals surface area contributed by atoms with Crippen LogP contribution in [0, 0.1) is 0 Å². The van der Waals surface area contributed by atoms with E-state index in [1.807, 2.05) is 0 Å². The Kier molecular flexibility index (Phi) is 3.60. The minimum absolute atomic E-state index is 0.141. The molecule has 1 saturated carbocycles. The van der Waals surface area contributed by atoms with E-state index in [1.54, 1.807) is 6.92 Å². The van der Waals surface area contributed by atoms with Crippen molar-refractivity contribution >= 4 is 5.91 Å². The number of hydrogen-bond acceptors (Lipinski definition) is 3. The van der Waals surface area contributed by atoms with Gasteiger partial charge in [0, 0.05) is 44.6 Å². The van der Waals surface area contributed by atoms with E-state index in [2.05, 4.69) is 22.2 Å². The molecule has 0 unspecified atom stereocenters. The molecule has 18 heavy (non-hydrogen) atoms. The third-order valence-electron chi connectivity index (χ3n) is 3.70. The third kappa shape index (κ3) is 3.38. The molecule has 0 aromatic heterocycles. The molecule has 1 saturated heterocycles. The van der Waals surface area contributed by atoms with E-state index in [0.717, 1.165) is 26.2 Å². The molecule has 4 nitrogen and oxygen atoms in total. The van der Waals surface area contributed by atoms with E-state index in [4.69, 9.17) is 0 Å². The summed E-state index contributed by atoms with van der Waals surface area (Å²) in [4.78, 5) is 16.1. The topological polar surface area (TPSA) is 35.6 Å². The second-order valence-electron chi connectivity index (χ2n) is 5.90. The predicted molar refractivity (Wildman–Crippen MR) is 64.7 cm³/mol. The van der Waals surface area contributed by atoms with Gasteiger partial charge in [-0.2, -0.15) is 0 Å². The molecule has 0 radical (unpaired) electrons. The van der Waals surface area contributed by atoms with Crippen LogP contribution in [0.25, 0.3) is 0 Å². The third-order valence-corrected chi connectivity index (χ3v) is 3.70. The summed E-state index contributed by atoms with van der Waals surface area (Å²) in [5.74, 6) is -2.74. The first-order valence-electron chi connectivity index (χ1n) is 6.38. The minimum Gasteiger partial charge on any atom is -0.349 e. The van der Waals surface area contributed by atoms with E-state index < -0.39 is 11.5 Å². The normalized spacial score (nSPS) is 27.6. The van der Waals surface area contributed by atoms with Gasteiger partial charge in [0.15, 0.2) is 0 Å². The maximum atomic E-state index is 12.8. The second kappa shape index (κ2) is 4.74. The van der Waals surface area contributed by atoms with Gasteiger partial charge in [0.1, 0.15) is 0 Å². The van der Waals surface area contributed by atoms with Crippen molar-refractivity contribution in [2.24, 2.45) is 0 Å². The van der Waals surface area contributed by atoms with Gasteiger partial charge in [0.2, 0.25) is 5.91 Å². The predicted octanol–water partition coefficient (Wildman–Crippen LogP) is 0.538. The molecular weight excluding hydrogens is 240 g/mol. The highest BCUT2D eigenvalue weighted by molar-refractivity contribution is 5.79. The molecule has 0 atom stereocenters. The molecule has 104 valence electrons. The molecule has 2 rings (SSSR count). The molecule has 6 heteroatoms. The van der Waals surface area contributed by atoms with E-state index in [9.17, 15) is 13.6 Å². The maximum absolute atomic E-state index is 12.8. The zero-order chi connectivity index (χ0) is 13.4. The van der Waals surface area contributed by atoms with Gasteiger partial charge in [-0.1, -0.05) is 0 Å². The SMILES string of the molecule is CN1CCN(CC(=O)NC2(C)CC(F)(F)C2)CC1. The lowest BCUT2D eigenvalue weighted by molar-refractivity contribution is -0.144. The summed E-state index contributed by atoms with van der Waals surface area (Å²) in [5.41, 5.74) is -0.715. The van der Waals surface area contributed by atoms with Crippen molar-refractivity contribution in [1.82, 2.24) is 15.1 Å². The zero-order valence-corrected chi connectivity index (χ0v) is 11.0. The van der Waals surface area contributed by atoms with Crippen molar-refractivity contribution in [3.63, 3.8) is 0 Å². The number of hydrogen-bond donors (Lipinski definition) is 1. The van der Waals surface area contributed by atoms with Crippen molar-refractivity contribution in [2.45, 2.75) is 31.2 Å².